The first-order chi connectivity index (χ1) is 16.3. The first-order valence-electron chi connectivity index (χ1n) is 11.0. The maximum Gasteiger partial charge on any atom is 0.254 e. The number of para-hydroxylation sites is 1. The molecule has 160 valence electrons. The quantitative estimate of drug-likeness (QED) is 0.411. The third kappa shape index (κ3) is 3.55. The topological polar surface area (TPSA) is 63.9 Å². The third-order valence-corrected chi connectivity index (χ3v) is 6.11. The molecule has 0 aliphatic carbocycles. The van der Waals surface area contributed by atoms with Crippen LogP contribution in [-0.4, -0.2) is 37.1 Å². The van der Waals surface area contributed by atoms with Crippen LogP contribution in [0.25, 0.3) is 33.5 Å². The smallest absolute Gasteiger partial charge is 0.254 e. The Morgan fingerprint density at radius 1 is 0.727 bits per heavy atom. The van der Waals surface area contributed by atoms with Crippen LogP contribution in [0.1, 0.15) is 16.2 Å². The van der Waals surface area contributed by atoms with Gasteiger partial charge in [0.2, 0.25) is 0 Å². The van der Waals surface area contributed by atoms with E-state index in [4.69, 9.17) is 4.98 Å². The fourth-order valence-electron chi connectivity index (χ4n) is 4.33. The van der Waals surface area contributed by atoms with Gasteiger partial charge in [-0.2, -0.15) is 0 Å². The summed E-state index contributed by atoms with van der Waals surface area (Å²) >= 11 is 0. The van der Waals surface area contributed by atoms with Crippen molar-refractivity contribution in [3.05, 3.63) is 102 Å². The van der Waals surface area contributed by atoms with E-state index in [1.54, 1.807) is 0 Å². The van der Waals surface area contributed by atoms with E-state index in [1.807, 2.05) is 77.7 Å². The minimum Gasteiger partial charge on any atom is -0.329 e. The number of hydrogen-bond donors (Lipinski definition) is 0. The van der Waals surface area contributed by atoms with Crippen LogP contribution >= 0.6 is 0 Å². The summed E-state index contributed by atoms with van der Waals surface area (Å²) in [6.45, 7) is 1.67. The number of benzene rings is 3. The van der Waals surface area contributed by atoms with Gasteiger partial charge in [0.15, 0.2) is 11.6 Å². The Morgan fingerprint density at radius 2 is 1.48 bits per heavy atom. The second-order valence-corrected chi connectivity index (χ2v) is 8.15. The van der Waals surface area contributed by atoms with Crippen molar-refractivity contribution >= 4 is 16.8 Å². The highest BCUT2D eigenvalue weighted by Crippen LogP contribution is 2.24. The maximum atomic E-state index is 13.1. The maximum absolute atomic E-state index is 13.1. The van der Waals surface area contributed by atoms with Crippen molar-refractivity contribution < 1.29 is 4.79 Å². The third-order valence-electron chi connectivity index (χ3n) is 6.11. The number of fused-ring (bicyclic) bond motifs is 2. The summed E-state index contributed by atoms with van der Waals surface area (Å²) in [5.41, 5.74) is 4.64. The summed E-state index contributed by atoms with van der Waals surface area (Å²) in [6.07, 6.45) is 0. The van der Waals surface area contributed by atoms with Crippen LogP contribution in [0.5, 0.6) is 0 Å². The van der Waals surface area contributed by atoms with Crippen LogP contribution in [0, 0.1) is 0 Å². The summed E-state index contributed by atoms with van der Waals surface area (Å²) in [4.78, 5) is 19.7. The molecule has 5 aromatic rings. The number of hydrogen-bond acceptors (Lipinski definition) is 4. The predicted octanol–water partition coefficient (Wildman–Crippen LogP) is 4.82. The van der Waals surface area contributed by atoms with Crippen molar-refractivity contribution in [3.8, 4) is 22.6 Å². The van der Waals surface area contributed by atoms with E-state index in [-0.39, 0.29) is 5.91 Å². The van der Waals surface area contributed by atoms with Gasteiger partial charge in [0, 0.05) is 24.0 Å². The van der Waals surface area contributed by atoms with E-state index in [0.29, 0.717) is 25.2 Å². The van der Waals surface area contributed by atoms with Crippen molar-refractivity contribution in [2.24, 2.45) is 0 Å². The molecule has 0 saturated carbocycles. The Kier molecular flexibility index (Phi) is 4.69. The van der Waals surface area contributed by atoms with Gasteiger partial charge in [-0.25, -0.2) is 4.98 Å². The van der Waals surface area contributed by atoms with Crippen molar-refractivity contribution in [2.75, 3.05) is 6.54 Å². The van der Waals surface area contributed by atoms with Crippen molar-refractivity contribution in [2.45, 2.75) is 13.1 Å². The molecular weight excluding hydrogens is 410 g/mol. The molecule has 0 spiro atoms. The lowest BCUT2D eigenvalue weighted by Crippen LogP contribution is -2.38. The van der Waals surface area contributed by atoms with Crippen LogP contribution in [0.2, 0.25) is 0 Å². The highest BCUT2D eigenvalue weighted by Gasteiger charge is 2.26. The molecule has 0 atom stereocenters. The second kappa shape index (κ2) is 7.98. The number of rotatable bonds is 3. The van der Waals surface area contributed by atoms with Gasteiger partial charge < -0.3 is 9.47 Å². The van der Waals surface area contributed by atoms with Gasteiger partial charge in [-0.1, -0.05) is 66.7 Å². The van der Waals surface area contributed by atoms with Crippen molar-refractivity contribution in [1.29, 1.82) is 0 Å². The second-order valence-electron chi connectivity index (χ2n) is 8.15. The molecule has 6 nitrogen and oxygen atoms in total. The van der Waals surface area contributed by atoms with Crippen molar-refractivity contribution in [1.82, 2.24) is 24.6 Å². The zero-order chi connectivity index (χ0) is 22.2. The molecule has 33 heavy (non-hydrogen) atoms. The summed E-state index contributed by atoms with van der Waals surface area (Å²) in [5, 5.41) is 9.86. The molecule has 0 N–H and O–H groups in total. The van der Waals surface area contributed by atoms with E-state index < -0.39 is 0 Å². The first-order valence-corrected chi connectivity index (χ1v) is 11.0. The lowest BCUT2D eigenvalue weighted by atomic mass is 10.0. The Labute approximate surface area is 191 Å². The summed E-state index contributed by atoms with van der Waals surface area (Å²) in [5.74, 6) is 1.53. The molecule has 0 fully saturated rings. The van der Waals surface area contributed by atoms with Crippen LogP contribution in [-0.2, 0) is 13.1 Å². The number of aromatic nitrogens is 4. The Bertz CT molecular complexity index is 1460. The van der Waals surface area contributed by atoms with Gasteiger partial charge in [-0.15, -0.1) is 10.2 Å². The van der Waals surface area contributed by atoms with E-state index in [2.05, 4.69) is 33.0 Å². The molecule has 6 heteroatoms. The van der Waals surface area contributed by atoms with Crippen LogP contribution in [0.3, 0.4) is 0 Å². The Morgan fingerprint density at radius 3 is 2.33 bits per heavy atom. The lowest BCUT2D eigenvalue weighted by molar-refractivity contribution is 0.0708. The fourth-order valence-corrected chi connectivity index (χ4v) is 4.33. The first kappa shape index (κ1) is 19.4. The predicted molar refractivity (Wildman–Crippen MR) is 127 cm³/mol. The van der Waals surface area contributed by atoms with Gasteiger partial charge in [0.1, 0.15) is 5.69 Å². The number of pyridine rings is 1. The molecule has 2 aromatic heterocycles. The van der Waals surface area contributed by atoms with Gasteiger partial charge in [0.25, 0.3) is 5.91 Å². The molecule has 1 aliphatic heterocycles. The molecule has 3 aromatic carbocycles. The number of nitrogens with zero attached hydrogens (tertiary/aromatic N) is 5. The summed E-state index contributed by atoms with van der Waals surface area (Å²) < 4.78 is 2.07. The van der Waals surface area contributed by atoms with Gasteiger partial charge in [-0.3, -0.25) is 4.79 Å². The van der Waals surface area contributed by atoms with Gasteiger partial charge in [-0.05, 0) is 35.4 Å². The average molecular weight is 431 g/mol. The molecule has 3 heterocycles. The summed E-state index contributed by atoms with van der Waals surface area (Å²) in [7, 11) is 0. The largest absolute Gasteiger partial charge is 0.329 e. The molecular formula is C27H21N5O. The highest BCUT2D eigenvalue weighted by molar-refractivity contribution is 5.94. The molecule has 1 aliphatic rings. The standard InChI is InChI=1S/C27H21N5O/c33-27(22-12-10-20(11-13-22)19-6-2-1-3-7-19)31-16-17-32-25(18-31)29-30-26(32)24-15-14-21-8-4-5-9-23(21)28-24/h1-15H,16-18H2. The zero-order valence-electron chi connectivity index (χ0n) is 17.9. The SMILES string of the molecule is O=C(c1ccc(-c2ccccc2)cc1)N1CCn2c(nnc2-c2ccc3ccccc3n2)C1. The molecule has 0 radical (unpaired) electrons. The minimum atomic E-state index is 0.00856. The molecule has 0 unspecified atom stereocenters. The van der Waals surface area contributed by atoms with E-state index in [1.165, 1.54) is 0 Å². The van der Waals surface area contributed by atoms with Crippen molar-refractivity contribution in [3.63, 3.8) is 0 Å². The normalized spacial score (nSPS) is 13.2. The summed E-state index contributed by atoms with van der Waals surface area (Å²) in [6, 6.07) is 30.0. The molecule has 1 amide bonds. The lowest BCUT2D eigenvalue weighted by Gasteiger charge is -2.28. The fraction of sp³-hybridized carbons (Fsp3) is 0.111. The van der Waals surface area contributed by atoms with Gasteiger partial charge >= 0.3 is 0 Å². The molecule has 6 rings (SSSR count). The van der Waals surface area contributed by atoms with Crippen LogP contribution in [0.4, 0.5) is 0 Å². The monoisotopic (exact) mass is 431 g/mol. The zero-order valence-corrected chi connectivity index (χ0v) is 17.9. The van der Waals surface area contributed by atoms with Crippen LogP contribution in [0.15, 0.2) is 91.0 Å². The van der Waals surface area contributed by atoms with Gasteiger partial charge in [0.05, 0.1) is 12.1 Å². The highest BCUT2D eigenvalue weighted by atomic mass is 16.2. The Hall–Kier alpha value is -4.32. The molecule has 0 bridgehead atoms. The minimum absolute atomic E-state index is 0.00856. The van der Waals surface area contributed by atoms with Crippen LogP contribution < -0.4 is 0 Å². The average Bonchev–Trinajstić information content (AvgIpc) is 3.32. The molecule has 0 saturated heterocycles. The number of carbonyl (C=O) groups is 1. The van der Waals surface area contributed by atoms with E-state index >= 15 is 0 Å². The number of carbonyl (C=O) groups excluding carboxylic acids is 1. The van der Waals surface area contributed by atoms with E-state index in [9.17, 15) is 4.79 Å². The number of amides is 1. The van der Waals surface area contributed by atoms with E-state index in [0.717, 1.165) is 39.4 Å². The Balaban J connectivity index is 1.22.